The number of benzene rings is 1. The Labute approximate surface area is 142 Å². The van der Waals surface area contributed by atoms with Crippen molar-refractivity contribution in [3.05, 3.63) is 58.6 Å². The SMILES string of the molecule is Cc1cc(-c2csc(Nc3cccc(C#N)n3)n2)ccc1C(=O)O. The van der Waals surface area contributed by atoms with E-state index in [1.54, 1.807) is 43.3 Å². The van der Waals surface area contributed by atoms with Gasteiger partial charge in [0, 0.05) is 10.9 Å². The number of aryl methyl sites for hydroxylation is 1. The van der Waals surface area contributed by atoms with Crippen molar-refractivity contribution < 1.29 is 9.90 Å². The van der Waals surface area contributed by atoms with Gasteiger partial charge in [-0.15, -0.1) is 11.3 Å². The maximum atomic E-state index is 11.1. The molecule has 118 valence electrons. The zero-order valence-corrected chi connectivity index (χ0v) is 13.5. The molecule has 0 fully saturated rings. The van der Waals surface area contributed by atoms with Gasteiger partial charge >= 0.3 is 5.97 Å². The topological polar surface area (TPSA) is 98.9 Å². The molecule has 0 aliphatic heterocycles. The molecule has 3 aromatic rings. The van der Waals surface area contributed by atoms with Crippen LogP contribution in [0.5, 0.6) is 0 Å². The molecule has 0 radical (unpaired) electrons. The van der Waals surface area contributed by atoms with Gasteiger partial charge in [0.1, 0.15) is 17.6 Å². The predicted molar refractivity (Wildman–Crippen MR) is 91.5 cm³/mol. The molecule has 0 unspecified atom stereocenters. The van der Waals surface area contributed by atoms with Crippen molar-refractivity contribution in [3.63, 3.8) is 0 Å². The highest BCUT2D eigenvalue weighted by Crippen LogP contribution is 2.28. The highest BCUT2D eigenvalue weighted by molar-refractivity contribution is 7.14. The summed E-state index contributed by atoms with van der Waals surface area (Å²) in [6.45, 7) is 1.76. The Bertz CT molecular complexity index is 959. The lowest BCUT2D eigenvalue weighted by molar-refractivity contribution is 0.0696. The summed E-state index contributed by atoms with van der Waals surface area (Å²) in [7, 11) is 0. The maximum Gasteiger partial charge on any atom is 0.335 e. The number of carboxylic acids is 1. The lowest BCUT2D eigenvalue weighted by Gasteiger charge is -2.03. The molecule has 1 aromatic carbocycles. The number of aromatic carboxylic acids is 1. The number of nitriles is 1. The second-order valence-corrected chi connectivity index (χ2v) is 5.88. The van der Waals surface area contributed by atoms with Crippen LogP contribution in [0.2, 0.25) is 0 Å². The second kappa shape index (κ2) is 6.48. The second-order valence-electron chi connectivity index (χ2n) is 5.02. The molecule has 2 N–H and O–H groups in total. The molecule has 0 saturated heterocycles. The van der Waals surface area contributed by atoms with Crippen molar-refractivity contribution in [2.45, 2.75) is 6.92 Å². The van der Waals surface area contributed by atoms with Crippen LogP contribution in [0.3, 0.4) is 0 Å². The van der Waals surface area contributed by atoms with Gasteiger partial charge in [0.05, 0.1) is 11.3 Å². The number of thiazole rings is 1. The quantitative estimate of drug-likeness (QED) is 0.751. The number of carboxylic acid groups (broad SMARTS) is 1. The van der Waals surface area contributed by atoms with E-state index in [1.807, 2.05) is 11.4 Å². The van der Waals surface area contributed by atoms with Crippen LogP contribution >= 0.6 is 11.3 Å². The van der Waals surface area contributed by atoms with Crippen molar-refractivity contribution in [1.82, 2.24) is 9.97 Å². The predicted octanol–water partition coefficient (Wildman–Crippen LogP) is 3.83. The van der Waals surface area contributed by atoms with Gasteiger partial charge in [-0.2, -0.15) is 5.26 Å². The fourth-order valence-corrected chi connectivity index (χ4v) is 2.93. The molecule has 7 heteroatoms. The van der Waals surface area contributed by atoms with Crippen LogP contribution in [-0.2, 0) is 0 Å². The highest BCUT2D eigenvalue weighted by Gasteiger charge is 2.10. The van der Waals surface area contributed by atoms with Gasteiger partial charge in [-0.25, -0.2) is 14.8 Å². The van der Waals surface area contributed by atoms with E-state index in [1.165, 1.54) is 11.3 Å². The number of aromatic nitrogens is 2. The Morgan fingerprint density at radius 3 is 2.83 bits per heavy atom. The number of anilines is 2. The summed E-state index contributed by atoms with van der Waals surface area (Å²) >= 11 is 1.41. The summed E-state index contributed by atoms with van der Waals surface area (Å²) in [6.07, 6.45) is 0. The van der Waals surface area contributed by atoms with E-state index < -0.39 is 5.97 Å². The zero-order chi connectivity index (χ0) is 17.1. The number of rotatable bonds is 4. The van der Waals surface area contributed by atoms with Crippen LogP contribution in [0.15, 0.2) is 41.8 Å². The van der Waals surface area contributed by atoms with Gasteiger partial charge in [0.25, 0.3) is 0 Å². The third kappa shape index (κ3) is 3.24. The van der Waals surface area contributed by atoms with Gasteiger partial charge in [0.2, 0.25) is 0 Å². The number of hydrogen-bond acceptors (Lipinski definition) is 6. The van der Waals surface area contributed by atoms with E-state index >= 15 is 0 Å². The van der Waals surface area contributed by atoms with Crippen molar-refractivity contribution in [2.24, 2.45) is 0 Å². The summed E-state index contributed by atoms with van der Waals surface area (Å²) < 4.78 is 0. The van der Waals surface area contributed by atoms with E-state index in [0.717, 1.165) is 11.3 Å². The Balaban J connectivity index is 1.84. The fraction of sp³-hybridized carbons (Fsp3) is 0.0588. The Morgan fingerprint density at radius 1 is 1.29 bits per heavy atom. The van der Waals surface area contributed by atoms with E-state index in [-0.39, 0.29) is 5.56 Å². The summed E-state index contributed by atoms with van der Waals surface area (Å²) in [6, 6.07) is 12.2. The first-order valence-corrected chi connectivity index (χ1v) is 7.89. The minimum absolute atomic E-state index is 0.282. The van der Waals surface area contributed by atoms with Gasteiger partial charge in [-0.05, 0) is 36.8 Å². The van der Waals surface area contributed by atoms with Crippen molar-refractivity contribution in [1.29, 1.82) is 5.26 Å². The Morgan fingerprint density at radius 2 is 2.12 bits per heavy atom. The molecule has 0 aliphatic rings. The first-order valence-electron chi connectivity index (χ1n) is 7.01. The van der Waals surface area contributed by atoms with E-state index in [0.29, 0.717) is 22.2 Å². The maximum absolute atomic E-state index is 11.1. The summed E-state index contributed by atoms with van der Waals surface area (Å²) in [5.74, 6) is -0.393. The van der Waals surface area contributed by atoms with E-state index in [9.17, 15) is 4.79 Å². The monoisotopic (exact) mass is 336 g/mol. The molecule has 3 rings (SSSR count). The molecule has 0 bridgehead atoms. The smallest absolute Gasteiger partial charge is 0.335 e. The molecule has 2 heterocycles. The molecule has 0 aliphatic carbocycles. The molecule has 2 aromatic heterocycles. The molecule has 24 heavy (non-hydrogen) atoms. The van der Waals surface area contributed by atoms with Crippen LogP contribution < -0.4 is 5.32 Å². The summed E-state index contributed by atoms with van der Waals surface area (Å²) in [5.41, 5.74) is 2.90. The number of nitrogens with zero attached hydrogens (tertiary/aromatic N) is 3. The Hall–Kier alpha value is -3.24. The van der Waals surface area contributed by atoms with Crippen LogP contribution in [-0.4, -0.2) is 21.0 Å². The molecule has 0 atom stereocenters. The molecule has 6 nitrogen and oxygen atoms in total. The van der Waals surface area contributed by atoms with Crippen LogP contribution in [0.25, 0.3) is 11.3 Å². The minimum Gasteiger partial charge on any atom is -0.478 e. The summed E-state index contributed by atoms with van der Waals surface area (Å²) in [5, 5.41) is 23.5. The lowest BCUT2D eigenvalue weighted by Crippen LogP contribution is -1.99. The van der Waals surface area contributed by atoms with E-state index in [4.69, 9.17) is 10.4 Å². The fourth-order valence-electron chi connectivity index (χ4n) is 2.20. The molecule has 0 amide bonds. The number of pyridine rings is 1. The van der Waals surface area contributed by atoms with Crippen LogP contribution in [0.4, 0.5) is 10.9 Å². The van der Waals surface area contributed by atoms with Crippen LogP contribution in [0, 0.1) is 18.3 Å². The number of nitrogens with one attached hydrogen (secondary N) is 1. The van der Waals surface area contributed by atoms with Gasteiger partial charge in [-0.3, -0.25) is 0 Å². The molecule has 0 spiro atoms. The van der Waals surface area contributed by atoms with Crippen molar-refractivity contribution in [3.8, 4) is 17.3 Å². The summed E-state index contributed by atoms with van der Waals surface area (Å²) in [4.78, 5) is 19.7. The molecular formula is C17H12N4O2S. The number of hydrogen-bond donors (Lipinski definition) is 2. The third-order valence-corrected chi connectivity index (χ3v) is 4.11. The third-order valence-electron chi connectivity index (χ3n) is 3.36. The van der Waals surface area contributed by atoms with E-state index in [2.05, 4.69) is 15.3 Å². The van der Waals surface area contributed by atoms with Crippen LogP contribution in [0.1, 0.15) is 21.6 Å². The highest BCUT2D eigenvalue weighted by atomic mass is 32.1. The standard InChI is InChI=1S/C17H12N4O2S/c1-10-7-11(5-6-13(10)16(22)23)14-9-24-17(20-14)21-15-4-2-3-12(8-18)19-15/h2-7,9H,1H3,(H,22,23)(H,19,20,21). The zero-order valence-electron chi connectivity index (χ0n) is 12.6. The first kappa shape index (κ1) is 15.6. The Kier molecular flexibility index (Phi) is 4.22. The van der Waals surface area contributed by atoms with Crippen molar-refractivity contribution >= 4 is 28.3 Å². The average molecular weight is 336 g/mol. The lowest BCUT2D eigenvalue weighted by atomic mass is 10.0. The number of carbonyl (C=O) groups is 1. The van der Waals surface area contributed by atoms with Crippen molar-refractivity contribution in [2.75, 3.05) is 5.32 Å². The average Bonchev–Trinajstić information content (AvgIpc) is 3.03. The normalized spacial score (nSPS) is 10.2. The van der Waals surface area contributed by atoms with Gasteiger partial charge in [0.15, 0.2) is 5.13 Å². The van der Waals surface area contributed by atoms with Gasteiger partial charge < -0.3 is 10.4 Å². The largest absolute Gasteiger partial charge is 0.478 e. The first-order chi connectivity index (χ1) is 11.6. The van der Waals surface area contributed by atoms with Gasteiger partial charge in [-0.1, -0.05) is 12.1 Å². The minimum atomic E-state index is -0.942. The molecular weight excluding hydrogens is 324 g/mol. The molecule has 0 saturated carbocycles.